The number of nitrogens with two attached hydrogens (primary N) is 1. The topological polar surface area (TPSA) is 58.4 Å². The van der Waals surface area contributed by atoms with Crippen molar-refractivity contribution in [2.45, 2.75) is 13.0 Å². The molecule has 0 aromatic heterocycles. The molecule has 1 aliphatic heterocycles. The van der Waals surface area contributed by atoms with Crippen LogP contribution in [0.3, 0.4) is 0 Å². The highest BCUT2D eigenvalue weighted by Gasteiger charge is 2.25. The third-order valence-corrected chi connectivity index (χ3v) is 3.54. The van der Waals surface area contributed by atoms with E-state index in [9.17, 15) is 9.18 Å². The molecule has 0 radical (unpaired) electrons. The lowest BCUT2D eigenvalue weighted by molar-refractivity contribution is -0.115. The molecule has 0 fully saturated rings. The van der Waals surface area contributed by atoms with Crippen molar-refractivity contribution in [3.63, 3.8) is 0 Å². The van der Waals surface area contributed by atoms with Crippen LogP contribution in [-0.2, 0) is 4.79 Å². The van der Waals surface area contributed by atoms with Crippen molar-refractivity contribution < 1.29 is 9.18 Å². The number of rotatable bonds is 2. The minimum atomic E-state index is -0.333. The maximum Gasteiger partial charge on any atom is 0.244 e. The van der Waals surface area contributed by atoms with Gasteiger partial charge in [0.2, 0.25) is 5.91 Å². The summed E-state index contributed by atoms with van der Waals surface area (Å²) in [6, 6.07) is 11.7. The van der Waals surface area contributed by atoms with E-state index in [0.29, 0.717) is 5.56 Å². The number of amides is 1. The van der Waals surface area contributed by atoms with Gasteiger partial charge >= 0.3 is 0 Å². The second kappa shape index (κ2) is 5.18. The summed E-state index contributed by atoms with van der Waals surface area (Å²) >= 11 is 0. The van der Waals surface area contributed by atoms with Gasteiger partial charge in [-0.15, -0.1) is 0 Å². The van der Waals surface area contributed by atoms with Crippen LogP contribution in [0.4, 0.5) is 21.5 Å². The van der Waals surface area contributed by atoms with Gasteiger partial charge in [-0.25, -0.2) is 4.39 Å². The summed E-state index contributed by atoms with van der Waals surface area (Å²) in [5.41, 5.74) is 9.01. The lowest BCUT2D eigenvalue weighted by Crippen LogP contribution is -2.35. The van der Waals surface area contributed by atoms with Gasteiger partial charge < -0.3 is 16.0 Å². The van der Waals surface area contributed by atoms with E-state index >= 15 is 0 Å². The molecule has 4 nitrogen and oxygen atoms in total. The number of anilines is 3. The largest absolute Gasteiger partial charge is 0.330 e. The van der Waals surface area contributed by atoms with Gasteiger partial charge in [-0.2, -0.15) is 0 Å². The highest BCUT2D eigenvalue weighted by atomic mass is 19.1. The number of nitrogens with one attached hydrogen (secondary N) is 1. The van der Waals surface area contributed by atoms with Crippen LogP contribution in [0.15, 0.2) is 42.5 Å². The lowest BCUT2D eigenvalue weighted by Gasteiger charge is -2.33. The van der Waals surface area contributed by atoms with Crippen molar-refractivity contribution in [3.05, 3.63) is 53.8 Å². The Kier molecular flexibility index (Phi) is 3.35. The predicted octanol–water partition coefficient (Wildman–Crippen LogP) is 2.94. The van der Waals surface area contributed by atoms with Gasteiger partial charge in [0.15, 0.2) is 0 Å². The number of carbonyl (C=O) groups is 1. The first-order valence-corrected chi connectivity index (χ1v) is 6.77. The van der Waals surface area contributed by atoms with Crippen LogP contribution in [0.25, 0.3) is 0 Å². The van der Waals surface area contributed by atoms with Gasteiger partial charge in [0.25, 0.3) is 0 Å². The number of halogens is 1. The Morgan fingerprint density at radius 3 is 2.76 bits per heavy atom. The zero-order valence-electron chi connectivity index (χ0n) is 11.6. The molecule has 5 heteroatoms. The van der Waals surface area contributed by atoms with E-state index in [1.54, 1.807) is 13.0 Å². The molecule has 2 aromatic carbocycles. The molecule has 1 atom stereocenters. The van der Waals surface area contributed by atoms with E-state index in [1.807, 2.05) is 29.2 Å². The first-order valence-electron chi connectivity index (χ1n) is 6.77. The van der Waals surface area contributed by atoms with Gasteiger partial charge in [0.05, 0.1) is 11.4 Å². The summed E-state index contributed by atoms with van der Waals surface area (Å²) in [5, 5.41) is 2.83. The second-order valence-corrected chi connectivity index (χ2v) is 5.14. The average Bonchev–Trinajstić information content (AvgIpc) is 2.46. The molecule has 0 saturated heterocycles. The van der Waals surface area contributed by atoms with Crippen LogP contribution in [0.5, 0.6) is 0 Å². The molecule has 3 N–H and O–H groups in total. The zero-order chi connectivity index (χ0) is 15.0. The molecule has 1 aliphatic rings. The van der Waals surface area contributed by atoms with Gasteiger partial charge in [0.1, 0.15) is 12.4 Å². The molecule has 1 heterocycles. The van der Waals surface area contributed by atoms with E-state index in [0.717, 1.165) is 17.1 Å². The number of nitrogens with zero attached hydrogens (tertiary/aromatic N) is 1. The molecule has 0 spiro atoms. The Labute approximate surface area is 122 Å². The maximum atomic E-state index is 13.5. The minimum Gasteiger partial charge on any atom is -0.330 e. The van der Waals surface area contributed by atoms with Crippen LogP contribution in [0.2, 0.25) is 0 Å². The Balaban J connectivity index is 2.15. The summed E-state index contributed by atoms with van der Waals surface area (Å²) in [5.74, 6) is -0.436. The van der Waals surface area contributed by atoms with E-state index in [4.69, 9.17) is 5.73 Å². The first kappa shape index (κ1) is 13.6. The molecular weight excluding hydrogens is 269 g/mol. The van der Waals surface area contributed by atoms with Gasteiger partial charge in [-0.05, 0) is 42.8 Å². The molecule has 108 valence electrons. The van der Waals surface area contributed by atoms with Crippen molar-refractivity contribution in [1.29, 1.82) is 0 Å². The molecular formula is C16H16FN3O. The fourth-order valence-corrected chi connectivity index (χ4v) is 2.58. The van der Waals surface area contributed by atoms with E-state index in [1.165, 1.54) is 12.1 Å². The number of carbonyl (C=O) groups excluding carboxylic acids is 1. The zero-order valence-corrected chi connectivity index (χ0v) is 11.6. The molecule has 1 amide bonds. The SMILES string of the molecule is C[C@H](N)c1cc(F)ccc1N1CC(=O)Nc2ccccc21. The molecule has 0 saturated carbocycles. The first-order chi connectivity index (χ1) is 10.1. The van der Waals surface area contributed by atoms with E-state index in [2.05, 4.69) is 5.32 Å². The quantitative estimate of drug-likeness (QED) is 0.892. The number of fused-ring (bicyclic) bond motifs is 1. The Morgan fingerprint density at radius 2 is 2.00 bits per heavy atom. The van der Waals surface area contributed by atoms with Crippen molar-refractivity contribution >= 4 is 23.0 Å². The van der Waals surface area contributed by atoms with E-state index in [-0.39, 0.29) is 24.3 Å². The number of hydrogen-bond acceptors (Lipinski definition) is 3. The second-order valence-electron chi connectivity index (χ2n) is 5.14. The summed E-state index contributed by atoms with van der Waals surface area (Å²) in [7, 11) is 0. The summed E-state index contributed by atoms with van der Waals surface area (Å²) in [6.45, 7) is 1.98. The molecule has 0 aliphatic carbocycles. The minimum absolute atomic E-state index is 0.103. The molecule has 0 unspecified atom stereocenters. The molecule has 2 aromatic rings. The monoisotopic (exact) mass is 285 g/mol. The summed E-state index contributed by atoms with van der Waals surface area (Å²) in [6.07, 6.45) is 0. The van der Waals surface area contributed by atoms with Gasteiger partial charge in [0, 0.05) is 11.7 Å². The van der Waals surface area contributed by atoms with Crippen LogP contribution in [0, 0.1) is 5.82 Å². The maximum absolute atomic E-state index is 13.5. The van der Waals surface area contributed by atoms with Gasteiger partial charge in [-0.1, -0.05) is 12.1 Å². The standard InChI is InChI=1S/C16H16FN3O/c1-10(18)12-8-11(17)6-7-14(12)20-9-16(21)19-13-4-2-3-5-15(13)20/h2-8,10H,9,18H2,1H3,(H,19,21)/t10-/m0/s1. The average molecular weight is 285 g/mol. The fourth-order valence-electron chi connectivity index (χ4n) is 2.58. The van der Waals surface area contributed by atoms with Crippen LogP contribution in [0.1, 0.15) is 18.5 Å². The van der Waals surface area contributed by atoms with E-state index < -0.39 is 0 Å². The Hall–Kier alpha value is -2.40. The van der Waals surface area contributed by atoms with Crippen molar-refractivity contribution in [2.75, 3.05) is 16.8 Å². The van der Waals surface area contributed by atoms with Crippen molar-refractivity contribution in [1.82, 2.24) is 0 Å². The van der Waals surface area contributed by atoms with Crippen molar-refractivity contribution in [2.24, 2.45) is 5.73 Å². The number of hydrogen-bond donors (Lipinski definition) is 2. The van der Waals surface area contributed by atoms with Crippen LogP contribution >= 0.6 is 0 Å². The number of benzene rings is 2. The molecule has 0 bridgehead atoms. The summed E-state index contributed by atoms with van der Waals surface area (Å²) in [4.78, 5) is 13.8. The highest BCUT2D eigenvalue weighted by molar-refractivity contribution is 6.03. The summed E-state index contributed by atoms with van der Waals surface area (Å²) < 4.78 is 13.5. The lowest BCUT2D eigenvalue weighted by atomic mass is 10.0. The third-order valence-electron chi connectivity index (χ3n) is 3.54. The van der Waals surface area contributed by atoms with Gasteiger partial charge in [-0.3, -0.25) is 4.79 Å². The Morgan fingerprint density at radius 1 is 1.24 bits per heavy atom. The molecule has 3 rings (SSSR count). The predicted molar refractivity (Wildman–Crippen MR) is 81.1 cm³/mol. The fraction of sp³-hybridized carbons (Fsp3) is 0.188. The normalized spacial score (nSPS) is 15.4. The van der Waals surface area contributed by atoms with Crippen LogP contribution in [-0.4, -0.2) is 12.5 Å². The third kappa shape index (κ3) is 2.48. The highest BCUT2D eigenvalue weighted by Crippen LogP contribution is 2.37. The smallest absolute Gasteiger partial charge is 0.244 e. The number of para-hydroxylation sites is 2. The Bertz CT molecular complexity index is 700. The van der Waals surface area contributed by atoms with Crippen LogP contribution < -0.4 is 16.0 Å². The van der Waals surface area contributed by atoms with Crippen molar-refractivity contribution in [3.8, 4) is 0 Å². The molecule has 21 heavy (non-hydrogen) atoms.